The summed E-state index contributed by atoms with van der Waals surface area (Å²) in [5, 5.41) is 0. The standard InChI is InChI=1S/C11H14ClNO3S/c1-16-10-5-6-13(8-10)9-3-2-4-11(7-9)17(12,14)15/h2-4,7,10H,5-6,8H2,1H3/t10-/m1/s1. The van der Waals surface area contributed by atoms with Crippen LogP contribution in [0.25, 0.3) is 0 Å². The van der Waals surface area contributed by atoms with Gasteiger partial charge in [-0.05, 0) is 24.6 Å². The van der Waals surface area contributed by atoms with Crippen LogP contribution in [-0.4, -0.2) is 34.7 Å². The van der Waals surface area contributed by atoms with Crippen molar-refractivity contribution in [3.05, 3.63) is 24.3 Å². The van der Waals surface area contributed by atoms with Gasteiger partial charge in [0.15, 0.2) is 0 Å². The molecule has 1 saturated heterocycles. The molecule has 94 valence electrons. The molecule has 0 bridgehead atoms. The van der Waals surface area contributed by atoms with Gasteiger partial charge >= 0.3 is 0 Å². The van der Waals surface area contributed by atoms with Crippen molar-refractivity contribution < 1.29 is 13.2 Å². The molecule has 4 nitrogen and oxygen atoms in total. The quantitative estimate of drug-likeness (QED) is 0.790. The first kappa shape index (κ1) is 12.7. The molecule has 0 saturated carbocycles. The molecule has 1 aliphatic heterocycles. The molecular weight excluding hydrogens is 262 g/mol. The van der Waals surface area contributed by atoms with Gasteiger partial charge in [-0.3, -0.25) is 0 Å². The number of anilines is 1. The van der Waals surface area contributed by atoms with Crippen molar-refractivity contribution in [1.29, 1.82) is 0 Å². The molecule has 0 amide bonds. The Balaban J connectivity index is 2.23. The lowest BCUT2D eigenvalue weighted by Crippen LogP contribution is -2.22. The molecule has 1 aromatic carbocycles. The first-order valence-corrected chi connectivity index (χ1v) is 7.64. The predicted octanol–water partition coefficient (Wildman–Crippen LogP) is 1.84. The van der Waals surface area contributed by atoms with Crippen molar-refractivity contribution in [2.24, 2.45) is 0 Å². The highest BCUT2D eigenvalue weighted by Gasteiger charge is 2.23. The van der Waals surface area contributed by atoms with E-state index in [4.69, 9.17) is 15.4 Å². The van der Waals surface area contributed by atoms with Gasteiger partial charge in [0.1, 0.15) is 0 Å². The fourth-order valence-electron chi connectivity index (χ4n) is 1.99. The fraction of sp³-hybridized carbons (Fsp3) is 0.455. The Morgan fingerprint density at radius 3 is 2.82 bits per heavy atom. The second-order valence-electron chi connectivity index (χ2n) is 4.03. The number of halogens is 1. The molecule has 1 aliphatic rings. The second kappa shape index (κ2) is 4.84. The van der Waals surface area contributed by atoms with E-state index < -0.39 is 9.05 Å². The van der Waals surface area contributed by atoms with E-state index in [0.29, 0.717) is 0 Å². The minimum Gasteiger partial charge on any atom is -0.380 e. The van der Waals surface area contributed by atoms with Crippen LogP contribution in [0.15, 0.2) is 29.2 Å². The molecule has 6 heteroatoms. The Morgan fingerprint density at radius 2 is 2.24 bits per heavy atom. The summed E-state index contributed by atoms with van der Waals surface area (Å²) in [4.78, 5) is 2.23. The van der Waals surface area contributed by atoms with Gasteiger partial charge in [-0.25, -0.2) is 8.42 Å². The summed E-state index contributed by atoms with van der Waals surface area (Å²) in [6.07, 6.45) is 1.17. The second-order valence-corrected chi connectivity index (χ2v) is 6.59. The van der Waals surface area contributed by atoms with Crippen molar-refractivity contribution in [3.63, 3.8) is 0 Å². The topological polar surface area (TPSA) is 46.6 Å². The molecule has 0 spiro atoms. The molecule has 1 fully saturated rings. The minimum atomic E-state index is -3.66. The number of nitrogens with zero attached hydrogens (tertiary/aromatic N) is 1. The van der Waals surface area contributed by atoms with Crippen LogP contribution in [0.2, 0.25) is 0 Å². The van der Waals surface area contributed by atoms with Gasteiger partial charge in [0.25, 0.3) is 9.05 Å². The zero-order valence-corrected chi connectivity index (χ0v) is 11.0. The zero-order chi connectivity index (χ0) is 12.5. The van der Waals surface area contributed by atoms with Crippen molar-refractivity contribution in [2.75, 3.05) is 25.1 Å². The molecule has 2 rings (SSSR count). The monoisotopic (exact) mass is 275 g/mol. The molecule has 0 N–H and O–H groups in total. The summed E-state index contributed by atoms with van der Waals surface area (Å²) in [6.45, 7) is 1.65. The van der Waals surface area contributed by atoms with Gasteiger partial charge < -0.3 is 9.64 Å². The van der Waals surface area contributed by atoms with Crippen LogP contribution in [0.5, 0.6) is 0 Å². The predicted molar refractivity (Wildman–Crippen MR) is 67.1 cm³/mol. The highest BCUT2D eigenvalue weighted by atomic mass is 35.7. The van der Waals surface area contributed by atoms with Crippen molar-refractivity contribution in [3.8, 4) is 0 Å². The van der Waals surface area contributed by atoms with Gasteiger partial charge in [-0.15, -0.1) is 0 Å². The van der Waals surface area contributed by atoms with Crippen LogP contribution in [0.1, 0.15) is 6.42 Å². The lowest BCUT2D eigenvalue weighted by atomic mass is 10.3. The number of benzene rings is 1. The van der Waals surface area contributed by atoms with E-state index in [1.54, 1.807) is 19.2 Å². The van der Waals surface area contributed by atoms with Crippen molar-refractivity contribution in [1.82, 2.24) is 0 Å². The average Bonchev–Trinajstić information content (AvgIpc) is 2.76. The lowest BCUT2D eigenvalue weighted by molar-refractivity contribution is 0.121. The van der Waals surface area contributed by atoms with E-state index in [1.807, 2.05) is 6.07 Å². The van der Waals surface area contributed by atoms with Gasteiger partial charge in [0, 0.05) is 36.6 Å². The summed E-state index contributed by atoms with van der Waals surface area (Å²) in [6, 6.07) is 6.67. The number of hydrogen-bond donors (Lipinski definition) is 0. The molecule has 0 radical (unpaired) electrons. The van der Waals surface area contributed by atoms with E-state index in [9.17, 15) is 8.42 Å². The van der Waals surface area contributed by atoms with E-state index in [2.05, 4.69) is 4.90 Å². The van der Waals surface area contributed by atoms with Crippen LogP contribution in [-0.2, 0) is 13.8 Å². The SMILES string of the molecule is CO[C@@H]1CCN(c2cccc(S(=O)(=O)Cl)c2)C1. The van der Waals surface area contributed by atoms with Gasteiger partial charge in [-0.2, -0.15) is 0 Å². The van der Waals surface area contributed by atoms with Crippen molar-refractivity contribution in [2.45, 2.75) is 17.4 Å². The molecule has 0 aromatic heterocycles. The largest absolute Gasteiger partial charge is 0.380 e. The Labute approximate surface area is 106 Å². The first-order chi connectivity index (χ1) is 8.00. The molecule has 17 heavy (non-hydrogen) atoms. The maximum absolute atomic E-state index is 11.2. The van der Waals surface area contributed by atoms with Crippen LogP contribution in [0.4, 0.5) is 5.69 Å². The third-order valence-electron chi connectivity index (χ3n) is 2.94. The molecular formula is C11H14ClNO3S. The van der Waals surface area contributed by atoms with Crippen LogP contribution in [0, 0.1) is 0 Å². The Kier molecular flexibility index (Phi) is 3.61. The molecule has 1 atom stereocenters. The maximum Gasteiger partial charge on any atom is 0.261 e. The lowest BCUT2D eigenvalue weighted by Gasteiger charge is -2.18. The first-order valence-electron chi connectivity index (χ1n) is 5.33. The number of rotatable bonds is 3. The normalized spacial score (nSPS) is 20.8. The zero-order valence-electron chi connectivity index (χ0n) is 9.47. The van der Waals surface area contributed by atoms with E-state index in [-0.39, 0.29) is 11.0 Å². The van der Waals surface area contributed by atoms with Crippen molar-refractivity contribution >= 4 is 25.4 Å². The van der Waals surface area contributed by atoms with Crippen LogP contribution in [0.3, 0.4) is 0 Å². The maximum atomic E-state index is 11.2. The molecule has 1 aromatic rings. The summed E-state index contributed by atoms with van der Waals surface area (Å²) < 4.78 is 27.8. The van der Waals surface area contributed by atoms with E-state index in [0.717, 1.165) is 25.2 Å². The van der Waals surface area contributed by atoms with Gasteiger partial charge in [0.2, 0.25) is 0 Å². The van der Waals surface area contributed by atoms with E-state index >= 15 is 0 Å². The van der Waals surface area contributed by atoms with E-state index in [1.165, 1.54) is 6.07 Å². The van der Waals surface area contributed by atoms with Gasteiger partial charge in [0.05, 0.1) is 11.0 Å². The summed E-state index contributed by atoms with van der Waals surface area (Å²) in [7, 11) is 3.35. The third kappa shape index (κ3) is 2.91. The van der Waals surface area contributed by atoms with Gasteiger partial charge in [-0.1, -0.05) is 6.07 Å². The molecule has 0 aliphatic carbocycles. The Bertz CT molecular complexity index is 503. The Hall–Kier alpha value is -0.780. The highest BCUT2D eigenvalue weighted by Crippen LogP contribution is 2.25. The summed E-state index contributed by atoms with van der Waals surface area (Å²) in [5.74, 6) is 0. The number of hydrogen-bond acceptors (Lipinski definition) is 4. The summed E-state index contributed by atoms with van der Waals surface area (Å²) in [5.41, 5.74) is 0.867. The number of ether oxygens (including phenoxy) is 1. The third-order valence-corrected chi connectivity index (χ3v) is 4.29. The summed E-state index contributed by atoms with van der Waals surface area (Å²) >= 11 is 0. The fourth-order valence-corrected chi connectivity index (χ4v) is 2.78. The molecule has 0 unspecified atom stereocenters. The minimum absolute atomic E-state index is 0.137. The Morgan fingerprint density at radius 1 is 1.47 bits per heavy atom. The van der Waals surface area contributed by atoms with Crippen LogP contribution < -0.4 is 4.90 Å². The smallest absolute Gasteiger partial charge is 0.261 e. The number of methoxy groups -OCH3 is 1. The average molecular weight is 276 g/mol. The molecule has 1 heterocycles. The van der Waals surface area contributed by atoms with Crippen LogP contribution >= 0.6 is 10.7 Å². The highest BCUT2D eigenvalue weighted by molar-refractivity contribution is 8.13.